The Bertz CT molecular complexity index is 1130. The summed E-state index contributed by atoms with van der Waals surface area (Å²) in [6, 6.07) is 19.1. The molecule has 1 spiro atoms. The highest BCUT2D eigenvalue weighted by Gasteiger charge is 2.47. The summed E-state index contributed by atoms with van der Waals surface area (Å²) in [4.78, 5) is 27.2. The van der Waals surface area contributed by atoms with E-state index in [1.54, 1.807) is 7.11 Å². The minimum absolute atomic E-state index is 0.00942. The average Bonchev–Trinajstić information content (AvgIpc) is 3.04. The van der Waals surface area contributed by atoms with Crippen molar-refractivity contribution in [1.82, 2.24) is 4.90 Å². The van der Waals surface area contributed by atoms with Gasteiger partial charge in [-0.25, -0.2) is 4.79 Å². The van der Waals surface area contributed by atoms with Crippen LogP contribution in [-0.2, 0) is 10.3 Å². The summed E-state index contributed by atoms with van der Waals surface area (Å²) in [5, 5.41) is 2.04. The van der Waals surface area contributed by atoms with Crippen molar-refractivity contribution in [2.45, 2.75) is 18.4 Å². The molecule has 3 aromatic carbocycles. The Labute approximate surface area is 168 Å². The second kappa shape index (κ2) is 6.62. The summed E-state index contributed by atoms with van der Waals surface area (Å²) in [5.41, 5.74) is 1.68. The van der Waals surface area contributed by atoms with Gasteiger partial charge in [-0.15, -0.1) is 0 Å². The zero-order chi connectivity index (χ0) is 20.0. The van der Waals surface area contributed by atoms with Crippen LogP contribution in [0.5, 0.6) is 5.75 Å². The van der Waals surface area contributed by atoms with Gasteiger partial charge < -0.3 is 14.4 Å². The second-order valence-electron chi connectivity index (χ2n) is 7.65. The largest absolute Gasteiger partial charge is 0.497 e. The van der Waals surface area contributed by atoms with Gasteiger partial charge in [0.05, 0.1) is 12.7 Å². The Hall–Kier alpha value is -3.34. The predicted octanol–water partition coefficient (Wildman–Crippen LogP) is 4.15. The standard InChI is InChI=1S/C24H21NO4/c1-28-19-9-8-16-14-18(7-6-17(16)15-19)22(26)25-12-10-24(11-13-25)21-5-3-2-4-20(21)23(27)29-24/h2-9,14-15H,10-13H2,1H3. The first-order chi connectivity index (χ1) is 14.1. The van der Waals surface area contributed by atoms with Gasteiger partial charge >= 0.3 is 5.97 Å². The van der Waals surface area contributed by atoms with Gasteiger partial charge in [0.25, 0.3) is 5.91 Å². The molecule has 0 saturated carbocycles. The number of fused-ring (bicyclic) bond motifs is 3. The van der Waals surface area contributed by atoms with E-state index in [4.69, 9.17) is 9.47 Å². The van der Waals surface area contributed by atoms with Crippen LogP contribution in [0.4, 0.5) is 0 Å². The molecule has 0 atom stereocenters. The van der Waals surface area contributed by atoms with Crippen molar-refractivity contribution in [2.75, 3.05) is 20.2 Å². The molecule has 0 aliphatic carbocycles. The maximum atomic E-state index is 13.1. The number of nitrogens with zero attached hydrogens (tertiary/aromatic N) is 1. The summed E-state index contributed by atoms with van der Waals surface area (Å²) in [5.74, 6) is 0.546. The first-order valence-corrected chi connectivity index (χ1v) is 9.80. The molecule has 0 unspecified atom stereocenters. The van der Waals surface area contributed by atoms with Gasteiger partial charge in [0.1, 0.15) is 11.4 Å². The normalized spacial score (nSPS) is 17.3. The maximum absolute atomic E-state index is 13.1. The highest BCUT2D eigenvalue weighted by Crippen LogP contribution is 2.44. The number of rotatable bonds is 2. The third-order valence-corrected chi connectivity index (χ3v) is 6.08. The van der Waals surface area contributed by atoms with Crippen molar-refractivity contribution in [3.05, 3.63) is 77.4 Å². The van der Waals surface area contributed by atoms with Crippen molar-refractivity contribution >= 4 is 22.6 Å². The first-order valence-electron chi connectivity index (χ1n) is 9.80. The predicted molar refractivity (Wildman–Crippen MR) is 109 cm³/mol. The molecule has 2 aliphatic rings. The van der Waals surface area contributed by atoms with Crippen LogP contribution in [0.15, 0.2) is 60.7 Å². The van der Waals surface area contributed by atoms with Crippen LogP contribution in [-0.4, -0.2) is 37.0 Å². The SMILES string of the molecule is COc1ccc2cc(C(=O)N3CCC4(CC3)OC(=O)c3ccccc34)ccc2c1. The Kier molecular flexibility index (Phi) is 4.05. The molecule has 2 aliphatic heterocycles. The summed E-state index contributed by atoms with van der Waals surface area (Å²) >= 11 is 0. The average molecular weight is 387 g/mol. The number of piperidine rings is 1. The number of carbonyl (C=O) groups excluding carboxylic acids is 2. The Balaban J connectivity index is 1.36. The highest BCUT2D eigenvalue weighted by atomic mass is 16.6. The minimum atomic E-state index is -0.593. The number of benzene rings is 3. The van der Waals surface area contributed by atoms with Gasteiger partial charge in [0, 0.05) is 37.1 Å². The van der Waals surface area contributed by atoms with Crippen molar-refractivity contribution in [2.24, 2.45) is 0 Å². The summed E-state index contributed by atoms with van der Waals surface area (Å²) < 4.78 is 11.0. The van der Waals surface area contributed by atoms with Crippen LogP contribution in [0, 0.1) is 0 Å². The van der Waals surface area contributed by atoms with E-state index in [1.165, 1.54) is 0 Å². The molecular formula is C24H21NO4. The molecule has 1 amide bonds. The molecule has 29 heavy (non-hydrogen) atoms. The fourth-order valence-electron chi connectivity index (χ4n) is 4.45. The third-order valence-electron chi connectivity index (χ3n) is 6.08. The van der Waals surface area contributed by atoms with Gasteiger partial charge in [-0.2, -0.15) is 0 Å². The van der Waals surface area contributed by atoms with E-state index in [9.17, 15) is 9.59 Å². The van der Waals surface area contributed by atoms with Crippen LogP contribution < -0.4 is 4.74 Å². The molecule has 0 N–H and O–H groups in total. The molecule has 0 bridgehead atoms. The molecule has 1 fully saturated rings. The first kappa shape index (κ1) is 17.7. The van der Waals surface area contributed by atoms with E-state index in [0.717, 1.165) is 22.1 Å². The van der Waals surface area contributed by atoms with Gasteiger partial charge in [-0.1, -0.05) is 30.3 Å². The van der Waals surface area contributed by atoms with Crippen molar-refractivity contribution < 1.29 is 19.1 Å². The summed E-state index contributed by atoms with van der Waals surface area (Å²) in [7, 11) is 1.64. The molecule has 1 saturated heterocycles. The van der Waals surface area contributed by atoms with Gasteiger partial charge in [-0.05, 0) is 41.1 Å². The van der Waals surface area contributed by atoms with Gasteiger partial charge in [0.2, 0.25) is 0 Å². The topological polar surface area (TPSA) is 55.8 Å². The lowest BCUT2D eigenvalue weighted by molar-refractivity contribution is -0.0389. The zero-order valence-electron chi connectivity index (χ0n) is 16.2. The fourth-order valence-corrected chi connectivity index (χ4v) is 4.45. The Morgan fingerprint density at radius 1 is 1.00 bits per heavy atom. The number of ether oxygens (including phenoxy) is 2. The lowest BCUT2D eigenvalue weighted by Crippen LogP contribution is -2.45. The van der Waals surface area contributed by atoms with E-state index in [0.29, 0.717) is 37.1 Å². The van der Waals surface area contributed by atoms with Crippen LogP contribution in [0.3, 0.4) is 0 Å². The molecule has 0 radical (unpaired) electrons. The maximum Gasteiger partial charge on any atom is 0.339 e. The lowest BCUT2D eigenvalue weighted by Gasteiger charge is -2.38. The molecule has 5 heteroatoms. The third kappa shape index (κ3) is 2.85. The Morgan fingerprint density at radius 2 is 1.72 bits per heavy atom. The van der Waals surface area contributed by atoms with E-state index in [-0.39, 0.29) is 11.9 Å². The number of hydrogen-bond acceptors (Lipinski definition) is 4. The number of amides is 1. The number of hydrogen-bond donors (Lipinski definition) is 0. The Morgan fingerprint density at radius 3 is 2.52 bits per heavy atom. The number of methoxy groups -OCH3 is 1. The number of likely N-dealkylation sites (tertiary alicyclic amines) is 1. The molecule has 0 aromatic heterocycles. The van der Waals surface area contributed by atoms with Crippen molar-refractivity contribution in [3.8, 4) is 5.75 Å². The highest BCUT2D eigenvalue weighted by molar-refractivity contribution is 5.99. The molecule has 5 nitrogen and oxygen atoms in total. The zero-order valence-corrected chi connectivity index (χ0v) is 16.2. The number of carbonyl (C=O) groups is 2. The fraction of sp³-hybridized carbons (Fsp3) is 0.250. The number of esters is 1. The van der Waals surface area contributed by atoms with Gasteiger partial charge in [0.15, 0.2) is 0 Å². The minimum Gasteiger partial charge on any atom is -0.497 e. The van der Waals surface area contributed by atoms with Crippen LogP contribution in [0.2, 0.25) is 0 Å². The molecule has 2 heterocycles. The molecular weight excluding hydrogens is 366 g/mol. The summed E-state index contributed by atoms with van der Waals surface area (Å²) in [6.45, 7) is 1.11. The quantitative estimate of drug-likeness (QED) is 0.620. The van der Waals surface area contributed by atoms with Crippen LogP contribution in [0.1, 0.15) is 39.1 Å². The van der Waals surface area contributed by atoms with E-state index in [2.05, 4.69) is 0 Å². The van der Waals surface area contributed by atoms with Crippen LogP contribution >= 0.6 is 0 Å². The lowest BCUT2D eigenvalue weighted by atomic mass is 9.83. The summed E-state index contributed by atoms with van der Waals surface area (Å²) in [6.07, 6.45) is 1.23. The molecule has 146 valence electrons. The van der Waals surface area contributed by atoms with E-state index < -0.39 is 5.60 Å². The van der Waals surface area contributed by atoms with Crippen LogP contribution in [0.25, 0.3) is 10.8 Å². The smallest absolute Gasteiger partial charge is 0.339 e. The monoisotopic (exact) mass is 387 g/mol. The molecule has 5 rings (SSSR count). The molecule has 3 aromatic rings. The van der Waals surface area contributed by atoms with Crippen molar-refractivity contribution in [3.63, 3.8) is 0 Å². The van der Waals surface area contributed by atoms with E-state index >= 15 is 0 Å². The van der Waals surface area contributed by atoms with Crippen molar-refractivity contribution in [1.29, 1.82) is 0 Å². The second-order valence-corrected chi connectivity index (χ2v) is 7.65. The van der Waals surface area contributed by atoms with Gasteiger partial charge in [-0.3, -0.25) is 4.79 Å². The van der Waals surface area contributed by atoms with E-state index in [1.807, 2.05) is 65.6 Å².